The van der Waals surface area contributed by atoms with E-state index in [1.54, 1.807) is 0 Å². The lowest BCUT2D eigenvalue weighted by molar-refractivity contribution is 0.0499. The number of hydrogen-bond donors (Lipinski definition) is 0. The van der Waals surface area contributed by atoms with E-state index in [9.17, 15) is 4.79 Å². The summed E-state index contributed by atoms with van der Waals surface area (Å²) in [6, 6.07) is 16.1. The zero-order valence-electron chi connectivity index (χ0n) is 12.7. The van der Waals surface area contributed by atoms with Crippen molar-refractivity contribution in [2.75, 3.05) is 6.61 Å². The van der Waals surface area contributed by atoms with Crippen LogP contribution >= 0.6 is 0 Å². The Balaban J connectivity index is 1.86. The number of pyridine rings is 1. The number of esters is 1. The topological polar surface area (TPSA) is 30.7 Å². The summed E-state index contributed by atoms with van der Waals surface area (Å²) in [6.45, 7) is 2.55. The second-order valence-electron chi connectivity index (χ2n) is 5.33. The van der Waals surface area contributed by atoms with Gasteiger partial charge >= 0.3 is 5.97 Å². The monoisotopic (exact) mass is 293 g/mol. The summed E-state index contributed by atoms with van der Waals surface area (Å²) in [7, 11) is 0. The van der Waals surface area contributed by atoms with Crippen LogP contribution in [0.3, 0.4) is 0 Å². The fourth-order valence-electron chi connectivity index (χ4n) is 2.41. The van der Waals surface area contributed by atoms with Gasteiger partial charge in [0.15, 0.2) is 0 Å². The maximum atomic E-state index is 12.0. The van der Waals surface area contributed by atoms with Gasteiger partial charge in [-0.15, -0.1) is 0 Å². The van der Waals surface area contributed by atoms with Gasteiger partial charge in [-0.3, -0.25) is 0 Å². The van der Waals surface area contributed by atoms with E-state index in [1.165, 1.54) is 5.56 Å². The van der Waals surface area contributed by atoms with Gasteiger partial charge in [0.05, 0.1) is 12.2 Å². The number of hydrogen-bond acceptors (Lipinski definition) is 2. The molecule has 0 bridgehead atoms. The molecule has 0 aliphatic carbocycles. The van der Waals surface area contributed by atoms with Crippen LogP contribution in [0.1, 0.15) is 30.1 Å². The smallest absolute Gasteiger partial charge is 0.339 e. The minimum Gasteiger partial charge on any atom is -0.462 e. The molecule has 0 saturated carbocycles. The van der Waals surface area contributed by atoms with Crippen molar-refractivity contribution in [2.24, 2.45) is 0 Å². The number of benzene rings is 1. The average Bonchev–Trinajstić information content (AvgIpc) is 2.99. The van der Waals surface area contributed by atoms with Gasteiger partial charge in [0, 0.05) is 23.5 Å². The average molecular weight is 293 g/mol. The van der Waals surface area contributed by atoms with Crippen LogP contribution in [0.15, 0.2) is 60.9 Å². The van der Waals surface area contributed by atoms with Crippen molar-refractivity contribution in [3.63, 3.8) is 0 Å². The highest BCUT2D eigenvalue weighted by molar-refractivity contribution is 5.89. The molecule has 0 N–H and O–H groups in total. The fraction of sp³-hybridized carbons (Fsp3) is 0.211. The van der Waals surface area contributed by atoms with Crippen LogP contribution in [0.2, 0.25) is 0 Å². The molecule has 0 amide bonds. The number of aromatic nitrogens is 1. The molecule has 22 heavy (non-hydrogen) atoms. The number of rotatable bonds is 5. The first-order valence-corrected chi connectivity index (χ1v) is 7.62. The highest BCUT2D eigenvalue weighted by Crippen LogP contribution is 2.22. The number of carbonyl (C=O) groups excluding carboxylic acids is 1. The van der Waals surface area contributed by atoms with Crippen LogP contribution in [0.5, 0.6) is 0 Å². The molecular weight excluding hydrogens is 274 g/mol. The van der Waals surface area contributed by atoms with Gasteiger partial charge < -0.3 is 9.14 Å². The minimum atomic E-state index is -0.259. The Morgan fingerprint density at radius 1 is 1.05 bits per heavy atom. The summed E-state index contributed by atoms with van der Waals surface area (Å²) in [5.74, 6) is -0.259. The number of nitrogens with zero attached hydrogens (tertiary/aromatic N) is 1. The number of unbranched alkanes of at least 4 members (excludes halogenated alkanes) is 1. The summed E-state index contributed by atoms with van der Waals surface area (Å²) in [6.07, 6.45) is 5.78. The maximum Gasteiger partial charge on any atom is 0.339 e. The Kier molecular flexibility index (Phi) is 4.24. The van der Waals surface area contributed by atoms with Crippen molar-refractivity contribution in [1.29, 1.82) is 0 Å². The second-order valence-corrected chi connectivity index (χ2v) is 5.33. The first-order valence-electron chi connectivity index (χ1n) is 7.62. The Morgan fingerprint density at radius 3 is 2.64 bits per heavy atom. The molecule has 1 aromatic carbocycles. The third kappa shape index (κ3) is 3.03. The molecule has 0 spiro atoms. The molecule has 2 aromatic heterocycles. The third-order valence-electron chi connectivity index (χ3n) is 3.67. The van der Waals surface area contributed by atoms with Crippen LogP contribution in [-0.2, 0) is 4.74 Å². The predicted molar refractivity (Wildman–Crippen MR) is 88.0 cm³/mol. The number of carbonyl (C=O) groups is 1. The fourth-order valence-corrected chi connectivity index (χ4v) is 2.41. The van der Waals surface area contributed by atoms with Gasteiger partial charge in [-0.1, -0.05) is 43.7 Å². The molecule has 112 valence electrons. The SMILES string of the molecule is CCCCOC(=O)c1ccc2cc(-c3ccccc3)cn2c1. The summed E-state index contributed by atoms with van der Waals surface area (Å²) in [5.41, 5.74) is 3.94. The third-order valence-corrected chi connectivity index (χ3v) is 3.67. The minimum absolute atomic E-state index is 0.259. The summed E-state index contributed by atoms with van der Waals surface area (Å²) in [5, 5.41) is 0. The Morgan fingerprint density at radius 2 is 1.86 bits per heavy atom. The molecule has 3 aromatic rings. The molecule has 3 rings (SSSR count). The largest absolute Gasteiger partial charge is 0.462 e. The van der Waals surface area contributed by atoms with Gasteiger partial charge in [-0.25, -0.2) is 4.79 Å². The molecule has 2 heterocycles. The van der Waals surface area contributed by atoms with Gasteiger partial charge in [0.25, 0.3) is 0 Å². The van der Waals surface area contributed by atoms with Gasteiger partial charge in [-0.2, -0.15) is 0 Å². The Bertz CT molecular complexity index is 774. The first-order chi connectivity index (χ1) is 10.8. The van der Waals surface area contributed by atoms with Crippen molar-refractivity contribution in [2.45, 2.75) is 19.8 Å². The Hall–Kier alpha value is -2.55. The summed E-state index contributed by atoms with van der Waals surface area (Å²) >= 11 is 0. The van der Waals surface area contributed by atoms with Gasteiger partial charge in [-0.05, 0) is 30.2 Å². The zero-order chi connectivity index (χ0) is 15.4. The van der Waals surface area contributed by atoms with E-state index < -0.39 is 0 Å². The molecule has 0 aliphatic heterocycles. The van der Waals surface area contributed by atoms with Crippen LogP contribution in [0.4, 0.5) is 0 Å². The lowest BCUT2D eigenvalue weighted by Crippen LogP contribution is -2.07. The van der Waals surface area contributed by atoms with Crippen molar-refractivity contribution in [1.82, 2.24) is 4.40 Å². The van der Waals surface area contributed by atoms with E-state index in [2.05, 4.69) is 25.1 Å². The molecular formula is C19H19NO2. The van der Waals surface area contributed by atoms with E-state index in [0.717, 1.165) is 23.9 Å². The standard InChI is InChI=1S/C19H19NO2/c1-2-3-11-22-19(21)16-9-10-18-12-17(14-20(18)13-16)15-7-5-4-6-8-15/h4-10,12-14H,2-3,11H2,1H3. The molecule has 0 radical (unpaired) electrons. The van der Waals surface area contributed by atoms with Crippen molar-refractivity contribution in [3.8, 4) is 11.1 Å². The van der Waals surface area contributed by atoms with Gasteiger partial charge in [0.2, 0.25) is 0 Å². The number of ether oxygens (including phenoxy) is 1. The van der Waals surface area contributed by atoms with Crippen LogP contribution < -0.4 is 0 Å². The van der Waals surface area contributed by atoms with E-state index >= 15 is 0 Å². The molecule has 0 aliphatic rings. The highest BCUT2D eigenvalue weighted by atomic mass is 16.5. The van der Waals surface area contributed by atoms with Crippen LogP contribution in [-0.4, -0.2) is 17.0 Å². The van der Waals surface area contributed by atoms with E-state index in [1.807, 2.05) is 47.1 Å². The molecule has 0 atom stereocenters. The highest BCUT2D eigenvalue weighted by Gasteiger charge is 2.09. The summed E-state index contributed by atoms with van der Waals surface area (Å²) in [4.78, 5) is 12.0. The first kappa shape index (κ1) is 14.4. The lowest BCUT2D eigenvalue weighted by atomic mass is 10.1. The Labute approximate surface area is 130 Å². The normalized spacial score (nSPS) is 10.8. The molecule has 3 nitrogen and oxygen atoms in total. The molecule has 0 unspecified atom stereocenters. The second kappa shape index (κ2) is 6.48. The van der Waals surface area contributed by atoms with Crippen molar-refractivity contribution < 1.29 is 9.53 Å². The van der Waals surface area contributed by atoms with E-state index in [0.29, 0.717) is 12.2 Å². The lowest BCUT2D eigenvalue weighted by Gasteiger charge is -2.04. The molecule has 3 heteroatoms. The zero-order valence-corrected chi connectivity index (χ0v) is 12.7. The van der Waals surface area contributed by atoms with E-state index in [-0.39, 0.29) is 5.97 Å². The van der Waals surface area contributed by atoms with E-state index in [4.69, 9.17) is 4.74 Å². The number of fused-ring (bicyclic) bond motifs is 1. The summed E-state index contributed by atoms with van der Waals surface area (Å²) < 4.78 is 7.23. The maximum absolute atomic E-state index is 12.0. The molecule has 0 fully saturated rings. The van der Waals surface area contributed by atoms with Crippen LogP contribution in [0.25, 0.3) is 16.6 Å². The van der Waals surface area contributed by atoms with Crippen molar-refractivity contribution >= 4 is 11.5 Å². The quantitative estimate of drug-likeness (QED) is 0.510. The molecule has 0 saturated heterocycles. The van der Waals surface area contributed by atoms with Crippen molar-refractivity contribution in [3.05, 3.63) is 66.5 Å². The van der Waals surface area contributed by atoms with Gasteiger partial charge in [0.1, 0.15) is 0 Å². The predicted octanol–water partition coefficient (Wildman–Crippen LogP) is 4.56. The van der Waals surface area contributed by atoms with Crippen LogP contribution in [0, 0.1) is 0 Å².